The molecule has 2 aromatic rings. The highest BCUT2D eigenvalue weighted by Crippen LogP contribution is 2.19. The van der Waals surface area contributed by atoms with Gasteiger partial charge in [0.1, 0.15) is 6.54 Å². The summed E-state index contributed by atoms with van der Waals surface area (Å²) in [6.07, 6.45) is 1.21. The van der Waals surface area contributed by atoms with Gasteiger partial charge >= 0.3 is 5.69 Å². The molecule has 25 heavy (non-hydrogen) atoms. The molecule has 1 aliphatic heterocycles. The molecule has 1 unspecified atom stereocenters. The Morgan fingerprint density at radius 2 is 1.96 bits per heavy atom. The first-order valence-electron chi connectivity index (χ1n) is 8.48. The minimum absolute atomic E-state index is 0.0170. The van der Waals surface area contributed by atoms with Crippen LogP contribution in [-0.4, -0.2) is 52.5 Å². The number of imidazole rings is 1. The van der Waals surface area contributed by atoms with E-state index in [0.717, 1.165) is 11.9 Å². The van der Waals surface area contributed by atoms with Crippen molar-refractivity contribution in [2.45, 2.75) is 32.4 Å². The normalized spacial score (nSPS) is 19.4. The molecular weight excluding hydrogens is 342 g/mol. The van der Waals surface area contributed by atoms with Crippen molar-refractivity contribution >= 4 is 26.8 Å². The van der Waals surface area contributed by atoms with Crippen LogP contribution in [0.5, 0.6) is 0 Å². The van der Waals surface area contributed by atoms with Gasteiger partial charge in [0.2, 0.25) is 5.91 Å². The second kappa shape index (κ2) is 6.67. The van der Waals surface area contributed by atoms with E-state index in [1.807, 2.05) is 31.2 Å². The standard InChI is InChI=1S/C17H23N3O4S/c1-3-9-19(13-8-10-25(23,24)12-13)16(21)11-20-15-7-5-4-6-14(15)18(2)17(20)22/h4-7,13H,3,8-12H2,1-2H3. The van der Waals surface area contributed by atoms with Gasteiger partial charge in [-0.2, -0.15) is 0 Å². The Labute approximate surface area is 146 Å². The lowest BCUT2D eigenvalue weighted by atomic mass is 10.2. The van der Waals surface area contributed by atoms with Gasteiger partial charge in [-0.05, 0) is 25.0 Å². The average Bonchev–Trinajstić information content (AvgIpc) is 3.05. The van der Waals surface area contributed by atoms with Crippen molar-refractivity contribution in [3.05, 3.63) is 34.7 Å². The highest BCUT2D eigenvalue weighted by Gasteiger charge is 2.34. The number of hydrogen-bond donors (Lipinski definition) is 0. The predicted molar refractivity (Wildman–Crippen MR) is 96.2 cm³/mol. The fourth-order valence-corrected chi connectivity index (χ4v) is 5.25. The van der Waals surface area contributed by atoms with Crippen molar-refractivity contribution in [2.75, 3.05) is 18.1 Å². The predicted octanol–water partition coefficient (Wildman–Crippen LogP) is 0.766. The number of para-hydroxylation sites is 2. The highest BCUT2D eigenvalue weighted by atomic mass is 32.2. The average molecular weight is 365 g/mol. The summed E-state index contributed by atoms with van der Waals surface area (Å²) >= 11 is 0. The van der Waals surface area contributed by atoms with Crippen LogP contribution in [0.25, 0.3) is 11.0 Å². The topological polar surface area (TPSA) is 81.4 Å². The Morgan fingerprint density at radius 3 is 2.56 bits per heavy atom. The maximum Gasteiger partial charge on any atom is 0.329 e. The van der Waals surface area contributed by atoms with E-state index in [2.05, 4.69) is 0 Å². The first-order chi connectivity index (χ1) is 11.8. The van der Waals surface area contributed by atoms with Crippen LogP contribution in [0.3, 0.4) is 0 Å². The fourth-order valence-electron chi connectivity index (χ4n) is 3.52. The minimum atomic E-state index is -3.07. The van der Waals surface area contributed by atoms with Crippen LogP contribution < -0.4 is 5.69 Å². The van der Waals surface area contributed by atoms with Crippen molar-refractivity contribution in [1.82, 2.24) is 14.0 Å². The van der Waals surface area contributed by atoms with Crippen LogP contribution in [0.15, 0.2) is 29.1 Å². The first kappa shape index (κ1) is 17.7. The van der Waals surface area contributed by atoms with E-state index in [0.29, 0.717) is 18.5 Å². The smallest absolute Gasteiger partial charge is 0.329 e. The quantitative estimate of drug-likeness (QED) is 0.784. The van der Waals surface area contributed by atoms with Crippen LogP contribution >= 0.6 is 0 Å². The van der Waals surface area contributed by atoms with Crippen LogP contribution in [0.4, 0.5) is 0 Å². The van der Waals surface area contributed by atoms with E-state index in [9.17, 15) is 18.0 Å². The van der Waals surface area contributed by atoms with E-state index in [1.165, 1.54) is 9.13 Å². The molecule has 3 rings (SSSR count). The van der Waals surface area contributed by atoms with Gasteiger partial charge in [0.25, 0.3) is 0 Å². The van der Waals surface area contributed by atoms with Gasteiger partial charge < -0.3 is 4.90 Å². The Bertz CT molecular complexity index is 958. The molecule has 0 radical (unpaired) electrons. The number of aryl methyl sites for hydroxylation is 1. The zero-order valence-corrected chi connectivity index (χ0v) is 15.3. The second-order valence-corrected chi connectivity index (χ2v) is 8.79. The zero-order valence-electron chi connectivity index (χ0n) is 14.5. The molecule has 8 heteroatoms. The third kappa shape index (κ3) is 3.35. The molecule has 7 nitrogen and oxygen atoms in total. The summed E-state index contributed by atoms with van der Waals surface area (Å²) in [6, 6.07) is 7.04. The Kier molecular flexibility index (Phi) is 4.73. The Hall–Kier alpha value is -2.09. The molecule has 1 saturated heterocycles. The summed E-state index contributed by atoms with van der Waals surface area (Å²) in [5.41, 5.74) is 1.23. The summed E-state index contributed by atoms with van der Waals surface area (Å²) in [4.78, 5) is 27.0. The summed E-state index contributed by atoms with van der Waals surface area (Å²) in [7, 11) is -1.39. The van der Waals surface area contributed by atoms with Crippen molar-refractivity contribution in [2.24, 2.45) is 7.05 Å². The maximum atomic E-state index is 12.9. The third-order valence-electron chi connectivity index (χ3n) is 4.78. The highest BCUT2D eigenvalue weighted by molar-refractivity contribution is 7.91. The van der Waals surface area contributed by atoms with Crippen molar-refractivity contribution in [3.63, 3.8) is 0 Å². The van der Waals surface area contributed by atoms with Crippen molar-refractivity contribution < 1.29 is 13.2 Å². The molecule has 0 saturated carbocycles. The van der Waals surface area contributed by atoms with Crippen LogP contribution in [0.2, 0.25) is 0 Å². The van der Waals surface area contributed by atoms with Gasteiger partial charge in [-0.1, -0.05) is 19.1 Å². The molecular formula is C17H23N3O4S. The summed E-state index contributed by atoms with van der Waals surface area (Å²) in [6.45, 7) is 2.38. The molecule has 0 bridgehead atoms. The Morgan fingerprint density at radius 1 is 1.28 bits per heavy atom. The maximum absolute atomic E-state index is 12.9. The zero-order chi connectivity index (χ0) is 18.2. The molecule has 0 spiro atoms. The lowest BCUT2D eigenvalue weighted by Crippen LogP contribution is -2.44. The van der Waals surface area contributed by atoms with Gasteiger partial charge in [-0.25, -0.2) is 13.2 Å². The number of rotatable bonds is 5. The van der Waals surface area contributed by atoms with E-state index in [1.54, 1.807) is 11.9 Å². The summed E-state index contributed by atoms with van der Waals surface area (Å²) in [5.74, 6) is -0.0647. The van der Waals surface area contributed by atoms with Gasteiger partial charge in [0.15, 0.2) is 9.84 Å². The monoisotopic (exact) mass is 365 g/mol. The first-order valence-corrected chi connectivity index (χ1v) is 10.3. The molecule has 1 atom stereocenters. The molecule has 1 aliphatic rings. The third-order valence-corrected chi connectivity index (χ3v) is 6.53. The number of carbonyl (C=O) groups excluding carboxylic acids is 1. The molecule has 1 amide bonds. The van der Waals surface area contributed by atoms with E-state index in [4.69, 9.17) is 0 Å². The van der Waals surface area contributed by atoms with Gasteiger partial charge in [-0.3, -0.25) is 13.9 Å². The molecule has 0 aliphatic carbocycles. The van der Waals surface area contributed by atoms with Crippen molar-refractivity contribution in [3.8, 4) is 0 Å². The number of aromatic nitrogens is 2. The number of sulfone groups is 1. The number of amides is 1. The minimum Gasteiger partial charge on any atom is -0.337 e. The lowest BCUT2D eigenvalue weighted by molar-refractivity contribution is -0.133. The van der Waals surface area contributed by atoms with Gasteiger partial charge in [0.05, 0.1) is 22.5 Å². The Balaban J connectivity index is 1.90. The second-order valence-electron chi connectivity index (χ2n) is 6.56. The van der Waals surface area contributed by atoms with Crippen LogP contribution in [-0.2, 0) is 28.2 Å². The number of nitrogens with zero attached hydrogens (tertiary/aromatic N) is 3. The van der Waals surface area contributed by atoms with Crippen LogP contribution in [0.1, 0.15) is 19.8 Å². The fraction of sp³-hybridized carbons (Fsp3) is 0.529. The molecule has 1 fully saturated rings. The number of fused-ring (bicyclic) bond motifs is 1. The SMILES string of the molecule is CCCN(C(=O)Cn1c(=O)n(C)c2ccccc21)C1CCS(=O)(=O)C1. The van der Waals surface area contributed by atoms with Gasteiger partial charge in [-0.15, -0.1) is 0 Å². The molecule has 136 valence electrons. The van der Waals surface area contributed by atoms with E-state index >= 15 is 0 Å². The van der Waals surface area contributed by atoms with Crippen LogP contribution in [0, 0.1) is 0 Å². The molecule has 0 N–H and O–H groups in total. The summed E-state index contributed by atoms with van der Waals surface area (Å²) < 4.78 is 26.5. The number of hydrogen-bond acceptors (Lipinski definition) is 4. The van der Waals surface area contributed by atoms with Crippen molar-refractivity contribution in [1.29, 1.82) is 0 Å². The number of carbonyl (C=O) groups is 1. The molecule has 1 aromatic carbocycles. The van der Waals surface area contributed by atoms with Gasteiger partial charge in [0, 0.05) is 19.6 Å². The lowest BCUT2D eigenvalue weighted by Gasteiger charge is -2.28. The summed E-state index contributed by atoms with van der Waals surface area (Å²) in [5, 5.41) is 0. The van der Waals surface area contributed by atoms with E-state index in [-0.39, 0.29) is 35.7 Å². The largest absolute Gasteiger partial charge is 0.337 e. The molecule has 2 heterocycles. The van der Waals surface area contributed by atoms with E-state index < -0.39 is 9.84 Å². The number of benzene rings is 1. The molecule has 1 aromatic heterocycles.